The number of nitrogens with two attached hydrogens (primary N) is 1. The molecule has 110 valence electrons. The SMILES string of the molecule is COc1cc(CC(C)N)cc(Cl)c1OC1C=CCCC1. The first-order chi connectivity index (χ1) is 9.60. The largest absolute Gasteiger partial charge is 0.493 e. The molecule has 1 aromatic carbocycles. The van der Waals surface area contributed by atoms with Gasteiger partial charge in [0.05, 0.1) is 12.1 Å². The number of hydrogen-bond donors (Lipinski definition) is 1. The summed E-state index contributed by atoms with van der Waals surface area (Å²) in [5.74, 6) is 1.30. The van der Waals surface area contributed by atoms with Crippen molar-refractivity contribution < 1.29 is 9.47 Å². The van der Waals surface area contributed by atoms with E-state index in [9.17, 15) is 0 Å². The lowest BCUT2D eigenvalue weighted by Crippen LogP contribution is -2.18. The summed E-state index contributed by atoms with van der Waals surface area (Å²) < 4.78 is 11.4. The van der Waals surface area contributed by atoms with Crippen LogP contribution in [-0.4, -0.2) is 19.3 Å². The number of allylic oxidation sites excluding steroid dienone is 1. The quantitative estimate of drug-likeness (QED) is 0.842. The fourth-order valence-electron chi connectivity index (χ4n) is 2.41. The molecular weight excluding hydrogens is 274 g/mol. The lowest BCUT2D eigenvalue weighted by atomic mass is 10.0. The predicted molar refractivity (Wildman–Crippen MR) is 82.8 cm³/mol. The van der Waals surface area contributed by atoms with Gasteiger partial charge in [0.15, 0.2) is 11.5 Å². The Morgan fingerprint density at radius 2 is 2.25 bits per heavy atom. The average Bonchev–Trinajstić information content (AvgIpc) is 2.42. The van der Waals surface area contributed by atoms with E-state index in [0.29, 0.717) is 16.5 Å². The molecule has 4 heteroatoms. The second-order valence-electron chi connectivity index (χ2n) is 5.31. The van der Waals surface area contributed by atoms with E-state index in [4.69, 9.17) is 26.8 Å². The summed E-state index contributed by atoms with van der Waals surface area (Å²) in [5, 5.41) is 0.582. The smallest absolute Gasteiger partial charge is 0.180 e. The minimum Gasteiger partial charge on any atom is -0.493 e. The summed E-state index contributed by atoms with van der Waals surface area (Å²) in [6, 6.07) is 3.95. The molecule has 0 fully saturated rings. The van der Waals surface area contributed by atoms with Crippen molar-refractivity contribution in [3.63, 3.8) is 0 Å². The summed E-state index contributed by atoms with van der Waals surface area (Å²) in [6.45, 7) is 1.97. The van der Waals surface area contributed by atoms with Gasteiger partial charge in [0.1, 0.15) is 6.10 Å². The van der Waals surface area contributed by atoms with Crippen LogP contribution in [0.25, 0.3) is 0 Å². The predicted octanol–water partition coefficient (Wildman–Crippen LogP) is 3.73. The molecule has 0 aliphatic heterocycles. The van der Waals surface area contributed by atoms with Gasteiger partial charge in [-0.1, -0.05) is 17.7 Å². The molecule has 2 rings (SSSR count). The van der Waals surface area contributed by atoms with Crippen LogP contribution in [0.2, 0.25) is 5.02 Å². The van der Waals surface area contributed by atoms with Crippen molar-refractivity contribution >= 4 is 11.6 Å². The van der Waals surface area contributed by atoms with Gasteiger partial charge in [-0.25, -0.2) is 0 Å². The Morgan fingerprint density at radius 1 is 1.45 bits per heavy atom. The van der Waals surface area contributed by atoms with Crippen LogP contribution in [0.3, 0.4) is 0 Å². The fraction of sp³-hybridized carbons (Fsp3) is 0.500. The van der Waals surface area contributed by atoms with Crippen LogP contribution in [0.5, 0.6) is 11.5 Å². The molecule has 2 atom stereocenters. The van der Waals surface area contributed by atoms with Gasteiger partial charge in [0.2, 0.25) is 0 Å². The van der Waals surface area contributed by atoms with Gasteiger partial charge in [-0.05, 0) is 56.4 Å². The highest BCUT2D eigenvalue weighted by Gasteiger charge is 2.17. The van der Waals surface area contributed by atoms with Crippen LogP contribution in [-0.2, 0) is 6.42 Å². The number of rotatable bonds is 5. The molecule has 0 spiro atoms. The van der Waals surface area contributed by atoms with Crippen molar-refractivity contribution in [3.8, 4) is 11.5 Å². The zero-order chi connectivity index (χ0) is 14.5. The van der Waals surface area contributed by atoms with Crippen molar-refractivity contribution in [3.05, 3.63) is 34.9 Å². The fourth-order valence-corrected chi connectivity index (χ4v) is 2.69. The summed E-state index contributed by atoms with van der Waals surface area (Å²) in [5.41, 5.74) is 6.89. The Labute approximate surface area is 125 Å². The molecule has 0 saturated carbocycles. The highest BCUT2D eigenvalue weighted by Crippen LogP contribution is 2.38. The number of halogens is 1. The second-order valence-corrected chi connectivity index (χ2v) is 5.71. The Morgan fingerprint density at radius 3 is 2.85 bits per heavy atom. The highest BCUT2D eigenvalue weighted by molar-refractivity contribution is 6.32. The molecule has 1 aromatic rings. The lowest BCUT2D eigenvalue weighted by molar-refractivity contribution is 0.219. The van der Waals surface area contributed by atoms with Gasteiger partial charge in [-0.15, -0.1) is 0 Å². The van der Waals surface area contributed by atoms with Gasteiger partial charge >= 0.3 is 0 Å². The van der Waals surface area contributed by atoms with Gasteiger partial charge in [0.25, 0.3) is 0 Å². The number of benzene rings is 1. The Bertz CT molecular complexity index is 486. The summed E-state index contributed by atoms with van der Waals surface area (Å²) in [6.07, 6.45) is 8.36. The van der Waals surface area contributed by atoms with Gasteiger partial charge in [-0.2, -0.15) is 0 Å². The molecule has 0 aromatic heterocycles. The average molecular weight is 296 g/mol. The molecular formula is C16H22ClNO2. The molecule has 3 nitrogen and oxygen atoms in total. The van der Waals surface area contributed by atoms with Crippen molar-refractivity contribution in [2.45, 2.75) is 44.8 Å². The Balaban J connectivity index is 2.22. The highest BCUT2D eigenvalue weighted by atomic mass is 35.5. The molecule has 0 saturated heterocycles. The first-order valence-electron chi connectivity index (χ1n) is 7.05. The lowest BCUT2D eigenvalue weighted by Gasteiger charge is -2.21. The number of hydrogen-bond acceptors (Lipinski definition) is 3. The van der Waals surface area contributed by atoms with E-state index in [0.717, 1.165) is 31.2 Å². The Kier molecular flexibility index (Phi) is 5.32. The van der Waals surface area contributed by atoms with Gasteiger partial charge in [0, 0.05) is 6.04 Å². The molecule has 1 aliphatic rings. The third-order valence-electron chi connectivity index (χ3n) is 3.33. The van der Waals surface area contributed by atoms with Crippen LogP contribution in [0, 0.1) is 0 Å². The van der Waals surface area contributed by atoms with E-state index in [-0.39, 0.29) is 12.1 Å². The van der Waals surface area contributed by atoms with Crippen molar-refractivity contribution in [2.24, 2.45) is 5.73 Å². The normalized spacial score (nSPS) is 19.7. The van der Waals surface area contributed by atoms with Crippen LogP contribution in [0.1, 0.15) is 31.7 Å². The van der Waals surface area contributed by atoms with Crippen LogP contribution in [0.4, 0.5) is 0 Å². The first-order valence-corrected chi connectivity index (χ1v) is 7.43. The first kappa shape index (κ1) is 15.2. The standard InChI is InChI=1S/C16H22ClNO2/c1-11(18)8-12-9-14(17)16(15(10-12)19-2)20-13-6-4-3-5-7-13/h4,6,9-11,13H,3,5,7-8,18H2,1-2H3. The minimum absolute atomic E-state index is 0.0782. The molecule has 0 amide bonds. The van der Waals surface area contributed by atoms with Crippen LogP contribution >= 0.6 is 11.6 Å². The van der Waals surface area contributed by atoms with Gasteiger partial charge in [-0.3, -0.25) is 0 Å². The molecule has 0 heterocycles. The molecule has 2 unspecified atom stereocenters. The zero-order valence-corrected chi connectivity index (χ0v) is 12.8. The summed E-state index contributed by atoms with van der Waals surface area (Å²) in [4.78, 5) is 0. The minimum atomic E-state index is 0.0782. The van der Waals surface area contributed by atoms with E-state index in [2.05, 4.69) is 12.2 Å². The maximum atomic E-state index is 6.35. The van der Waals surface area contributed by atoms with Gasteiger partial charge < -0.3 is 15.2 Å². The Hall–Kier alpha value is -1.19. The van der Waals surface area contributed by atoms with E-state index in [1.807, 2.05) is 19.1 Å². The van der Waals surface area contributed by atoms with Crippen LogP contribution in [0.15, 0.2) is 24.3 Å². The molecule has 20 heavy (non-hydrogen) atoms. The van der Waals surface area contributed by atoms with E-state index in [1.54, 1.807) is 7.11 Å². The van der Waals surface area contributed by atoms with Crippen molar-refractivity contribution in [2.75, 3.05) is 7.11 Å². The molecule has 0 bridgehead atoms. The summed E-state index contributed by atoms with van der Waals surface area (Å²) in [7, 11) is 1.63. The monoisotopic (exact) mass is 295 g/mol. The van der Waals surface area contributed by atoms with Crippen molar-refractivity contribution in [1.29, 1.82) is 0 Å². The maximum Gasteiger partial charge on any atom is 0.180 e. The summed E-state index contributed by atoms with van der Waals surface area (Å²) >= 11 is 6.35. The second kappa shape index (κ2) is 7.00. The number of ether oxygens (including phenoxy) is 2. The maximum absolute atomic E-state index is 6.35. The molecule has 0 radical (unpaired) electrons. The number of methoxy groups -OCH3 is 1. The van der Waals surface area contributed by atoms with E-state index in [1.165, 1.54) is 0 Å². The van der Waals surface area contributed by atoms with E-state index < -0.39 is 0 Å². The molecule has 1 aliphatic carbocycles. The zero-order valence-electron chi connectivity index (χ0n) is 12.1. The van der Waals surface area contributed by atoms with E-state index >= 15 is 0 Å². The third kappa shape index (κ3) is 3.90. The third-order valence-corrected chi connectivity index (χ3v) is 3.61. The van der Waals surface area contributed by atoms with Crippen LogP contribution < -0.4 is 15.2 Å². The van der Waals surface area contributed by atoms with Crippen molar-refractivity contribution in [1.82, 2.24) is 0 Å². The molecule has 2 N–H and O–H groups in total. The topological polar surface area (TPSA) is 44.5 Å².